The number of pyridine rings is 2. The molecule has 142 valence electrons. The SMILES string of the molecule is Cc1cc(O)cc(=O)n1CCC(=O)N1CC2CC(C1)c1cccc(=O)n1C2. The summed E-state index contributed by atoms with van der Waals surface area (Å²) in [6, 6.07) is 8.04. The van der Waals surface area contributed by atoms with E-state index in [0.29, 0.717) is 37.8 Å². The lowest BCUT2D eigenvalue weighted by Crippen LogP contribution is -2.49. The van der Waals surface area contributed by atoms with Crippen molar-refractivity contribution in [3.05, 3.63) is 62.4 Å². The number of aromatic nitrogens is 2. The molecule has 2 atom stereocenters. The van der Waals surface area contributed by atoms with Gasteiger partial charge in [0, 0.05) is 62.0 Å². The number of fused-ring (bicyclic) bond motifs is 4. The first kappa shape index (κ1) is 17.6. The van der Waals surface area contributed by atoms with Crippen LogP contribution in [0.1, 0.15) is 30.1 Å². The van der Waals surface area contributed by atoms with E-state index in [1.54, 1.807) is 19.1 Å². The monoisotopic (exact) mass is 369 g/mol. The van der Waals surface area contributed by atoms with E-state index >= 15 is 0 Å². The third-order valence-electron chi connectivity index (χ3n) is 5.70. The maximum atomic E-state index is 12.8. The molecule has 2 aromatic heterocycles. The molecule has 0 aliphatic carbocycles. The number of carbonyl (C=O) groups excluding carboxylic acids is 1. The molecule has 1 amide bonds. The molecule has 2 aliphatic heterocycles. The smallest absolute Gasteiger partial charge is 0.254 e. The number of carbonyl (C=O) groups is 1. The minimum atomic E-state index is -0.302. The summed E-state index contributed by atoms with van der Waals surface area (Å²) in [5, 5.41) is 9.48. The second kappa shape index (κ2) is 6.72. The third-order valence-corrected chi connectivity index (χ3v) is 5.70. The van der Waals surface area contributed by atoms with Gasteiger partial charge in [0.05, 0.1) is 0 Å². The van der Waals surface area contributed by atoms with Crippen LogP contribution in [-0.2, 0) is 17.9 Å². The number of aromatic hydroxyl groups is 1. The number of hydrogen-bond acceptors (Lipinski definition) is 4. The molecule has 2 aliphatic rings. The lowest BCUT2D eigenvalue weighted by atomic mass is 9.83. The molecule has 0 radical (unpaired) electrons. The molecule has 4 rings (SSSR count). The normalized spacial score (nSPS) is 21.0. The molecule has 1 fully saturated rings. The molecule has 7 heteroatoms. The van der Waals surface area contributed by atoms with Crippen LogP contribution in [0.3, 0.4) is 0 Å². The number of likely N-dealkylation sites (tertiary alicyclic amines) is 1. The van der Waals surface area contributed by atoms with Gasteiger partial charge in [-0.3, -0.25) is 14.4 Å². The number of hydrogen-bond donors (Lipinski definition) is 1. The van der Waals surface area contributed by atoms with Crippen LogP contribution in [0.4, 0.5) is 0 Å². The van der Waals surface area contributed by atoms with Crippen molar-refractivity contribution in [3.8, 4) is 5.75 Å². The highest BCUT2D eigenvalue weighted by Gasteiger charge is 2.35. The minimum absolute atomic E-state index is 0.0239. The highest BCUT2D eigenvalue weighted by molar-refractivity contribution is 5.76. The predicted octanol–water partition coefficient (Wildman–Crippen LogP) is 1.06. The molecule has 4 heterocycles. The van der Waals surface area contributed by atoms with E-state index in [9.17, 15) is 19.5 Å². The number of nitrogens with zero attached hydrogens (tertiary/aromatic N) is 3. The lowest BCUT2D eigenvalue weighted by Gasteiger charge is -2.42. The first-order chi connectivity index (χ1) is 12.9. The molecule has 0 aromatic carbocycles. The van der Waals surface area contributed by atoms with Gasteiger partial charge >= 0.3 is 0 Å². The largest absolute Gasteiger partial charge is 0.508 e. The van der Waals surface area contributed by atoms with Gasteiger partial charge in [0.25, 0.3) is 11.1 Å². The van der Waals surface area contributed by atoms with E-state index in [2.05, 4.69) is 0 Å². The minimum Gasteiger partial charge on any atom is -0.508 e. The number of piperidine rings is 1. The van der Waals surface area contributed by atoms with Crippen molar-refractivity contribution < 1.29 is 9.90 Å². The van der Waals surface area contributed by atoms with Crippen LogP contribution in [0.2, 0.25) is 0 Å². The van der Waals surface area contributed by atoms with E-state index in [-0.39, 0.29) is 35.1 Å². The quantitative estimate of drug-likeness (QED) is 0.877. The van der Waals surface area contributed by atoms with Crippen LogP contribution in [0.5, 0.6) is 5.75 Å². The van der Waals surface area contributed by atoms with Crippen molar-refractivity contribution in [2.45, 2.75) is 38.8 Å². The fourth-order valence-electron chi connectivity index (χ4n) is 4.46. The average Bonchev–Trinajstić information content (AvgIpc) is 2.61. The Labute approximate surface area is 156 Å². The Hall–Kier alpha value is -2.83. The van der Waals surface area contributed by atoms with Gasteiger partial charge < -0.3 is 19.1 Å². The highest BCUT2D eigenvalue weighted by atomic mass is 16.3. The van der Waals surface area contributed by atoms with E-state index < -0.39 is 0 Å². The van der Waals surface area contributed by atoms with Crippen LogP contribution < -0.4 is 11.1 Å². The molecule has 2 unspecified atom stereocenters. The van der Waals surface area contributed by atoms with Gasteiger partial charge in [-0.15, -0.1) is 0 Å². The lowest BCUT2D eigenvalue weighted by molar-refractivity contribution is -0.134. The van der Waals surface area contributed by atoms with E-state index in [0.717, 1.165) is 18.2 Å². The molecular formula is C20H23N3O4. The van der Waals surface area contributed by atoms with Crippen LogP contribution in [0.15, 0.2) is 39.9 Å². The van der Waals surface area contributed by atoms with Crippen molar-refractivity contribution in [1.29, 1.82) is 0 Å². The van der Waals surface area contributed by atoms with E-state index in [1.165, 1.54) is 10.6 Å². The van der Waals surface area contributed by atoms with Crippen LogP contribution >= 0.6 is 0 Å². The van der Waals surface area contributed by atoms with Crippen molar-refractivity contribution in [3.63, 3.8) is 0 Å². The number of aryl methyl sites for hydroxylation is 1. The fraction of sp³-hybridized carbons (Fsp3) is 0.450. The summed E-state index contributed by atoms with van der Waals surface area (Å²) in [4.78, 5) is 38.8. The Morgan fingerprint density at radius 2 is 1.96 bits per heavy atom. The van der Waals surface area contributed by atoms with Gasteiger partial charge in [0.2, 0.25) is 5.91 Å². The van der Waals surface area contributed by atoms with Crippen molar-refractivity contribution >= 4 is 5.91 Å². The van der Waals surface area contributed by atoms with Gasteiger partial charge in [0.1, 0.15) is 5.75 Å². The van der Waals surface area contributed by atoms with Crippen molar-refractivity contribution in [2.24, 2.45) is 5.92 Å². The zero-order valence-corrected chi connectivity index (χ0v) is 15.3. The summed E-state index contributed by atoms with van der Waals surface area (Å²) in [5.74, 6) is 0.445. The molecule has 7 nitrogen and oxygen atoms in total. The van der Waals surface area contributed by atoms with E-state index in [4.69, 9.17) is 0 Å². The van der Waals surface area contributed by atoms with Crippen molar-refractivity contribution in [2.75, 3.05) is 13.1 Å². The maximum absolute atomic E-state index is 12.8. The molecule has 2 bridgehead atoms. The standard InChI is InChI=1S/C20H23N3O4/c1-13-7-16(24)9-20(27)22(13)6-5-18(25)21-10-14-8-15(12-21)17-3-2-4-19(26)23(17)11-14/h2-4,7,9,14-15,24H,5-6,8,10-12H2,1H3. The summed E-state index contributed by atoms with van der Waals surface area (Å²) in [5.41, 5.74) is 1.38. The fourth-order valence-corrected chi connectivity index (χ4v) is 4.46. The predicted molar refractivity (Wildman–Crippen MR) is 99.9 cm³/mol. The van der Waals surface area contributed by atoms with Crippen LogP contribution in [-0.4, -0.2) is 38.1 Å². The summed E-state index contributed by atoms with van der Waals surface area (Å²) in [6.07, 6.45) is 1.25. The topological polar surface area (TPSA) is 84.5 Å². The van der Waals surface area contributed by atoms with Crippen LogP contribution in [0.25, 0.3) is 0 Å². The molecular weight excluding hydrogens is 346 g/mol. The number of amides is 1. The summed E-state index contributed by atoms with van der Waals surface area (Å²) >= 11 is 0. The second-order valence-corrected chi connectivity index (χ2v) is 7.59. The Bertz CT molecular complexity index is 1010. The number of rotatable bonds is 3. The van der Waals surface area contributed by atoms with Gasteiger partial charge in [-0.2, -0.15) is 0 Å². The Balaban J connectivity index is 1.47. The molecule has 1 N–H and O–H groups in total. The van der Waals surface area contributed by atoms with Gasteiger partial charge in [-0.1, -0.05) is 6.07 Å². The van der Waals surface area contributed by atoms with Crippen LogP contribution in [0, 0.1) is 12.8 Å². The molecule has 2 aromatic rings. The Morgan fingerprint density at radius 3 is 2.74 bits per heavy atom. The zero-order chi connectivity index (χ0) is 19.1. The molecule has 0 saturated carbocycles. The maximum Gasteiger partial charge on any atom is 0.254 e. The molecule has 27 heavy (non-hydrogen) atoms. The average molecular weight is 369 g/mol. The van der Waals surface area contributed by atoms with Crippen molar-refractivity contribution in [1.82, 2.24) is 14.0 Å². The molecule has 0 spiro atoms. The summed E-state index contributed by atoms with van der Waals surface area (Å²) in [6.45, 7) is 3.96. The summed E-state index contributed by atoms with van der Waals surface area (Å²) in [7, 11) is 0. The Morgan fingerprint density at radius 1 is 1.15 bits per heavy atom. The Kier molecular flexibility index (Phi) is 4.37. The van der Waals surface area contributed by atoms with Gasteiger partial charge in [-0.25, -0.2) is 0 Å². The van der Waals surface area contributed by atoms with E-state index in [1.807, 2.05) is 15.5 Å². The third kappa shape index (κ3) is 3.29. The zero-order valence-electron chi connectivity index (χ0n) is 15.3. The molecule has 1 saturated heterocycles. The highest BCUT2D eigenvalue weighted by Crippen LogP contribution is 2.35. The first-order valence-electron chi connectivity index (χ1n) is 9.30. The second-order valence-electron chi connectivity index (χ2n) is 7.59. The van der Waals surface area contributed by atoms with Gasteiger partial charge in [0.15, 0.2) is 0 Å². The first-order valence-corrected chi connectivity index (χ1v) is 9.30. The summed E-state index contributed by atoms with van der Waals surface area (Å²) < 4.78 is 3.36. The van der Waals surface area contributed by atoms with Gasteiger partial charge in [-0.05, 0) is 31.4 Å².